The molecule has 0 aliphatic heterocycles. The Labute approximate surface area is 224 Å². The van der Waals surface area contributed by atoms with E-state index in [2.05, 4.69) is 64.1 Å². The molecule has 3 heteroatoms. The monoisotopic (exact) mass is 500 g/mol. The number of hydrogen-bond acceptors (Lipinski definition) is 3. The number of hydrogen-bond donors (Lipinski definition) is 0. The maximum Gasteiger partial charge on any atom is 0.343 e. The molecule has 0 radical (unpaired) electrons. The van der Waals surface area contributed by atoms with Crippen LogP contribution in [0.4, 0.5) is 0 Å². The molecule has 2 atom stereocenters. The zero-order valence-corrected chi connectivity index (χ0v) is 23.2. The van der Waals surface area contributed by atoms with E-state index in [1.165, 1.54) is 49.7 Å². The molecule has 0 saturated heterocycles. The van der Waals surface area contributed by atoms with Gasteiger partial charge in [0.1, 0.15) is 5.75 Å². The first-order chi connectivity index (χ1) is 18.0. The summed E-state index contributed by atoms with van der Waals surface area (Å²) in [5, 5.41) is 0. The predicted octanol–water partition coefficient (Wildman–Crippen LogP) is 9.91. The van der Waals surface area contributed by atoms with E-state index in [-0.39, 0.29) is 12.1 Å². The molecule has 0 spiro atoms. The third-order valence-corrected chi connectivity index (χ3v) is 7.14. The van der Waals surface area contributed by atoms with Gasteiger partial charge in [-0.1, -0.05) is 101 Å². The smallest absolute Gasteiger partial charge is 0.343 e. The topological polar surface area (TPSA) is 35.5 Å². The molecule has 0 aliphatic rings. The lowest BCUT2D eigenvalue weighted by atomic mass is 9.92. The number of esters is 1. The highest BCUT2D eigenvalue weighted by molar-refractivity contribution is 5.91. The van der Waals surface area contributed by atoms with Gasteiger partial charge in [0.25, 0.3) is 0 Å². The van der Waals surface area contributed by atoms with Gasteiger partial charge in [-0.3, -0.25) is 0 Å². The van der Waals surface area contributed by atoms with Crippen molar-refractivity contribution in [1.82, 2.24) is 0 Å². The van der Waals surface area contributed by atoms with Gasteiger partial charge in [0.15, 0.2) is 0 Å². The molecule has 3 aromatic carbocycles. The molecule has 0 fully saturated rings. The van der Waals surface area contributed by atoms with E-state index in [0.717, 1.165) is 30.6 Å². The Bertz CT molecular complexity index is 1050. The van der Waals surface area contributed by atoms with Crippen molar-refractivity contribution in [3.05, 3.63) is 89.5 Å². The van der Waals surface area contributed by atoms with Crippen molar-refractivity contribution in [2.45, 2.75) is 91.1 Å². The van der Waals surface area contributed by atoms with Crippen LogP contribution in [0.5, 0.6) is 5.75 Å². The summed E-state index contributed by atoms with van der Waals surface area (Å²) in [4.78, 5) is 12.7. The number of ether oxygens (including phenoxy) is 2. The lowest BCUT2D eigenvalue weighted by molar-refractivity contribution is 0.0627. The van der Waals surface area contributed by atoms with Gasteiger partial charge in [-0.2, -0.15) is 0 Å². The van der Waals surface area contributed by atoms with Crippen molar-refractivity contribution in [1.29, 1.82) is 0 Å². The van der Waals surface area contributed by atoms with Crippen molar-refractivity contribution in [3.63, 3.8) is 0 Å². The maximum atomic E-state index is 12.7. The molecular formula is C34H44O3. The van der Waals surface area contributed by atoms with Gasteiger partial charge >= 0.3 is 5.97 Å². The first-order valence-electron chi connectivity index (χ1n) is 14.2. The predicted molar refractivity (Wildman–Crippen MR) is 154 cm³/mol. The van der Waals surface area contributed by atoms with Gasteiger partial charge < -0.3 is 9.47 Å². The molecule has 3 nitrogen and oxygen atoms in total. The second-order valence-corrected chi connectivity index (χ2v) is 9.98. The molecule has 0 N–H and O–H groups in total. The zero-order chi connectivity index (χ0) is 26.5. The second-order valence-electron chi connectivity index (χ2n) is 9.98. The number of carbonyl (C=O) groups is 1. The summed E-state index contributed by atoms with van der Waals surface area (Å²) in [7, 11) is 0. The number of unbranched alkanes of at least 4 members (excludes halogenated alkanes) is 4. The summed E-state index contributed by atoms with van der Waals surface area (Å²) in [6.45, 7) is 9.60. The van der Waals surface area contributed by atoms with Crippen molar-refractivity contribution in [3.8, 4) is 16.9 Å². The third kappa shape index (κ3) is 8.86. The molecule has 2 unspecified atom stereocenters. The van der Waals surface area contributed by atoms with E-state index < -0.39 is 0 Å². The van der Waals surface area contributed by atoms with Crippen LogP contribution in [0, 0.1) is 0 Å². The van der Waals surface area contributed by atoms with Gasteiger partial charge in [0.2, 0.25) is 0 Å². The summed E-state index contributed by atoms with van der Waals surface area (Å²) in [6, 6.07) is 24.1. The number of benzene rings is 3. The summed E-state index contributed by atoms with van der Waals surface area (Å²) < 4.78 is 11.7. The minimum Gasteiger partial charge on any atom is -0.423 e. The fraction of sp³-hybridized carbons (Fsp3) is 0.441. The molecule has 3 aromatic rings. The van der Waals surface area contributed by atoms with Crippen LogP contribution in [-0.4, -0.2) is 12.6 Å². The van der Waals surface area contributed by atoms with Crippen LogP contribution < -0.4 is 4.74 Å². The standard InChI is InChI=1S/C34H44O3/c1-5-8-9-10-11-25-36-26(4)28-13-15-30(16-14-28)31-17-19-32(20-18-31)34(35)37-33-23-21-29(22-24-33)27(7-3)12-6-2/h13-24,26-27H,5-12,25H2,1-4H3. The van der Waals surface area contributed by atoms with Gasteiger partial charge in [0.05, 0.1) is 11.7 Å². The highest BCUT2D eigenvalue weighted by Crippen LogP contribution is 2.27. The minimum absolute atomic E-state index is 0.0888. The average Bonchev–Trinajstić information content (AvgIpc) is 2.94. The largest absolute Gasteiger partial charge is 0.423 e. The van der Waals surface area contributed by atoms with E-state index in [0.29, 0.717) is 17.2 Å². The van der Waals surface area contributed by atoms with E-state index >= 15 is 0 Å². The van der Waals surface area contributed by atoms with Crippen LogP contribution in [0.1, 0.15) is 113 Å². The minimum atomic E-state index is -0.337. The maximum absolute atomic E-state index is 12.7. The Morgan fingerprint density at radius 2 is 1.30 bits per heavy atom. The Morgan fingerprint density at radius 1 is 0.703 bits per heavy atom. The Morgan fingerprint density at radius 3 is 1.89 bits per heavy atom. The Kier molecular flexibility index (Phi) is 11.9. The zero-order valence-electron chi connectivity index (χ0n) is 23.2. The van der Waals surface area contributed by atoms with Crippen LogP contribution in [0.25, 0.3) is 11.1 Å². The van der Waals surface area contributed by atoms with Crippen LogP contribution in [0.15, 0.2) is 72.8 Å². The molecule has 0 saturated carbocycles. The van der Waals surface area contributed by atoms with Gasteiger partial charge in [-0.15, -0.1) is 0 Å². The average molecular weight is 501 g/mol. The van der Waals surface area contributed by atoms with Crippen LogP contribution >= 0.6 is 0 Å². The molecule has 198 valence electrons. The highest BCUT2D eigenvalue weighted by Gasteiger charge is 2.12. The summed E-state index contributed by atoms with van der Waals surface area (Å²) in [5.41, 5.74) is 5.22. The molecule has 0 amide bonds. The quantitative estimate of drug-likeness (QED) is 0.118. The molecular weight excluding hydrogens is 456 g/mol. The summed E-state index contributed by atoms with van der Waals surface area (Å²) >= 11 is 0. The lowest BCUT2D eigenvalue weighted by Crippen LogP contribution is -2.08. The first-order valence-corrected chi connectivity index (χ1v) is 14.2. The number of rotatable bonds is 15. The fourth-order valence-electron chi connectivity index (χ4n) is 4.74. The highest BCUT2D eigenvalue weighted by atomic mass is 16.5. The van der Waals surface area contributed by atoms with Gasteiger partial charge in [-0.05, 0) is 78.6 Å². The molecule has 0 aromatic heterocycles. The van der Waals surface area contributed by atoms with Crippen LogP contribution in [0.3, 0.4) is 0 Å². The molecule has 0 bridgehead atoms. The van der Waals surface area contributed by atoms with Gasteiger partial charge in [-0.25, -0.2) is 4.79 Å². The Hall–Kier alpha value is -2.91. The van der Waals surface area contributed by atoms with E-state index in [9.17, 15) is 4.79 Å². The summed E-state index contributed by atoms with van der Waals surface area (Å²) in [6.07, 6.45) is 9.80. The van der Waals surface area contributed by atoms with Gasteiger partial charge in [0, 0.05) is 6.61 Å². The van der Waals surface area contributed by atoms with E-state index in [4.69, 9.17) is 9.47 Å². The van der Waals surface area contributed by atoms with Crippen molar-refractivity contribution in [2.75, 3.05) is 6.61 Å². The van der Waals surface area contributed by atoms with E-state index in [1.807, 2.05) is 36.4 Å². The molecule has 3 rings (SSSR count). The van der Waals surface area contributed by atoms with Crippen molar-refractivity contribution >= 4 is 5.97 Å². The number of carbonyl (C=O) groups excluding carboxylic acids is 1. The third-order valence-electron chi connectivity index (χ3n) is 7.14. The molecule has 37 heavy (non-hydrogen) atoms. The van der Waals surface area contributed by atoms with Crippen molar-refractivity contribution < 1.29 is 14.3 Å². The molecule has 0 aliphatic carbocycles. The first kappa shape index (κ1) is 28.7. The SMILES string of the molecule is CCCCCCCOC(C)c1ccc(-c2ccc(C(=O)Oc3ccc(C(CC)CCC)cc3)cc2)cc1. The lowest BCUT2D eigenvalue weighted by Gasteiger charge is -2.15. The normalized spacial score (nSPS) is 12.8. The van der Waals surface area contributed by atoms with Crippen molar-refractivity contribution in [2.24, 2.45) is 0 Å². The Balaban J connectivity index is 1.53. The second kappa shape index (κ2) is 15.4. The van der Waals surface area contributed by atoms with E-state index in [1.54, 1.807) is 0 Å². The summed E-state index contributed by atoms with van der Waals surface area (Å²) in [5.74, 6) is 0.806. The van der Waals surface area contributed by atoms with Crippen LogP contribution in [-0.2, 0) is 4.74 Å². The molecule has 0 heterocycles. The fourth-order valence-corrected chi connectivity index (χ4v) is 4.74. The van der Waals surface area contributed by atoms with Crippen LogP contribution in [0.2, 0.25) is 0 Å².